The number of thioether (sulfide) groups is 1. The van der Waals surface area contributed by atoms with Gasteiger partial charge >= 0.3 is 0 Å². The van der Waals surface area contributed by atoms with Gasteiger partial charge in [-0.1, -0.05) is 35.4 Å². The average molecular weight is 383 g/mol. The molecular weight excluding hydrogens is 368 g/mol. The number of nitrogens with zero attached hydrogens (tertiary/aromatic N) is 3. The van der Waals surface area contributed by atoms with Crippen LogP contribution >= 0.6 is 23.4 Å². The van der Waals surface area contributed by atoms with Gasteiger partial charge in [-0.3, -0.25) is 0 Å². The fraction of sp³-hybridized carbons (Fsp3) is 0.200. The first-order valence-corrected chi connectivity index (χ1v) is 9.67. The molecule has 1 heterocycles. The molecule has 126 valence electrons. The predicted octanol–water partition coefficient (Wildman–Crippen LogP) is 2.32. The molecule has 9 heteroatoms. The molecule has 24 heavy (non-hydrogen) atoms. The van der Waals surface area contributed by atoms with E-state index < -0.39 is 10.0 Å². The monoisotopic (exact) mass is 382 g/mol. The van der Waals surface area contributed by atoms with Crippen molar-refractivity contribution in [2.45, 2.75) is 23.1 Å². The predicted molar refractivity (Wildman–Crippen MR) is 95.3 cm³/mol. The lowest BCUT2D eigenvalue weighted by molar-refractivity contribution is 0.574. The second kappa shape index (κ2) is 8.35. The Morgan fingerprint density at radius 2 is 2.08 bits per heavy atom. The van der Waals surface area contributed by atoms with Crippen molar-refractivity contribution < 1.29 is 8.42 Å². The molecule has 0 unspecified atom stereocenters. The summed E-state index contributed by atoms with van der Waals surface area (Å²) in [7, 11) is -3.67. The Kier molecular flexibility index (Phi) is 6.45. The highest BCUT2D eigenvalue weighted by Crippen LogP contribution is 2.18. The Labute approximate surface area is 150 Å². The molecule has 0 bridgehead atoms. The Morgan fingerprint density at radius 3 is 2.71 bits per heavy atom. The fourth-order valence-electron chi connectivity index (χ4n) is 1.83. The van der Waals surface area contributed by atoms with Crippen LogP contribution in [-0.4, -0.2) is 28.9 Å². The van der Waals surface area contributed by atoms with E-state index in [9.17, 15) is 8.42 Å². The average Bonchev–Trinajstić information content (AvgIpc) is 2.94. The molecule has 0 saturated carbocycles. The van der Waals surface area contributed by atoms with E-state index in [-0.39, 0.29) is 11.4 Å². The van der Waals surface area contributed by atoms with E-state index in [0.29, 0.717) is 28.3 Å². The standard InChI is InChI=1S/C15H15ClN4O2S2/c1-3-9-20-14(18-19-15(20)23-10-4-2)11-17-24(21,22)13-7-5-12(16)6-8-13/h2-3,5-8,17H,1,9-11H2. The van der Waals surface area contributed by atoms with Gasteiger partial charge < -0.3 is 4.57 Å². The summed E-state index contributed by atoms with van der Waals surface area (Å²) in [6.07, 6.45) is 6.93. The lowest BCUT2D eigenvalue weighted by Crippen LogP contribution is -2.25. The third-order valence-corrected chi connectivity index (χ3v) is 5.47. The number of hydrogen-bond donors (Lipinski definition) is 1. The van der Waals surface area contributed by atoms with Gasteiger partial charge in [0.2, 0.25) is 10.0 Å². The smallest absolute Gasteiger partial charge is 0.240 e. The van der Waals surface area contributed by atoms with Crippen molar-refractivity contribution in [2.24, 2.45) is 0 Å². The van der Waals surface area contributed by atoms with Crippen LogP contribution in [-0.2, 0) is 23.1 Å². The maximum Gasteiger partial charge on any atom is 0.240 e. The summed E-state index contributed by atoms with van der Waals surface area (Å²) in [5, 5.41) is 9.15. The Morgan fingerprint density at radius 1 is 1.38 bits per heavy atom. The van der Waals surface area contributed by atoms with Gasteiger partial charge in [0.15, 0.2) is 5.16 Å². The molecule has 1 aromatic heterocycles. The zero-order valence-corrected chi connectivity index (χ0v) is 15.0. The van der Waals surface area contributed by atoms with Crippen molar-refractivity contribution in [1.29, 1.82) is 0 Å². The van der Waals surface area contributed by atoms with Crippen molar-refractivity contribution in [2.75, 3.05) is 5.75 Å². The van der Waals surface area contributed by atoms with Crippen LogP contribution in [0.1, 0.15) is 5.82 Å². The molecule has 2 aromatic rings. The van der Waals surface area contributed by atoms with Crippen LogP contribution in [0.5, 0.6) is 0 Å². The second-order valence-corrected chi connectivity index (χ2v) is 7.72. The second-order valence-electron chi connectivity index (χ2n) is 4.57. The molecule has 6 nitrogen and oxygen atoms in total. The normalized spacial score (nSPS) is 11.2. The number of sulfonamides is 1. The summed E-state index contributed by atoms with van der Waals surface area (Å²) in [4.78, 5) is 0.128. The molecule has 0 amide bonds. The molecule has 0 aliphatic rings. The zero-order valence-electron chi connectivity index (χ0n) is 12.6. The molecule has 0 saturated heterocycles. The van der Waals surface area contributed by atoms with Gasteiger partial charge in [-0.2, -0.15) is 0 Å². The molecule has 2 rings (SSSR count). The molecule has 0 radical (unpaired) electrons. The summed E-state index contributed by atoms with van der Waals surface area (Å²) in [5.74, 6) is 3.44. The van der Waals surface area contributed by atoms with Crippen molar-refractivity contribution in [3.05, 3.63) is 47.8 Å². The number of benzene rings is 1. The van der Waals surface area contributed by atoms with Gasteiger partial charge in [-0.25, -0.2) is 13.1 Å². The first kappa shape index (κ1) is 18.5. The minimum atomic E-state index is -3.67. The van der Waals surface area contributed by atoms with E-state index in [2.05, 4.69) is 27.4 Å². The highest BCUT2D eigenvalue weighted by molar-refractivity contribution is 7.99. The van der Waals surface area contributed by atoms with E-state index in [4.69, 9.17) is 18.0 Å². The number of hydrogen-bond acceptors (Lipinski definition) is 5. The SMILES string of the molecule is C#CCSc1nnc(CNS(=O)(=O)c2ccc(Cl)cc2)n1CC=C. The Hall–Kier alpha value is -1.79. The maximum atomic E-state index is 12.3. The molecule has 0 spiro atoms. The lowest BCUT2D eigenvalue weighted by atomic mass is 10.4. The number of halogens is 1. The first-order chi connectivity index (χ1) is 11.5. The number of terminal acetylenes is 1. The number of rotatable bonds is 8. The molecule has 0 atom stereocenters. The van der Waals surface area contributed by atoms with Crippen LogP contribution in [0.15, 0.2) is 47.0 Å². The molecule has 0 aliphatic heterocycles. The van der Waals surface area contributed by atoms with Crippen LogP contribution in [0.4, 0.5) is 0 Å². The lowest BCUT2D eigenvalue weighted by Gasteiger charge is -2.09. The quantitative estimate of drug-likeness (QED) is 0.430. The largest absolute Gasteiger partial charge is 0.301 e. The highest BCUT2D eigenvalue weighted by Gasteiger charge is 2.17. The van der Waals surface area contributed by atoms with Crippen LogP contribution in [0.25, 0.3) is 0 Å². The van der Waals surface area contributed by atoms with Gasteiger partial charge in [0.1, 0.15) is 5.82 Å². The zero-order chi connectivity index (χ0) is 17.6. The van der Waals surface area contributed by atoms with E-state index >= 15 is 0 Å². The van der Waals surface area contributed by atoms with Gasteiger partial charge in [-0.15, -0.1) is 23.2 Å². The van der Waals surface area contributed by atoms with E-state index in [1.54, 1.807) is 10.6 Å². The number of nitrogens with one attached hydrogen (secondary N) is 1. The van der Waals surface area contributed by atoms with E-state index in [1.165, 1.54) is 36.0 Å². The summed E-state index contributed by atoms with van der Waals surface area (Å²) < 4.78 is 28.9. The third-order valence-electron chi connectivity index (χ3n) is 2.93. The van der Waals surface area contributed by atoms with Crippen LogP contribution in [0, 0.1) is 12.3 Å². The summed E-state index contributed by atoms with van der Waals surface area (Å²) in [6.45, 7) is 4.14. The fourth-order valence-corrected chi connectivity index (χ4v) is 3.58. The van der Waals surface area contributed by atoms with E-state index in [0.717, 1.165) is 0 Å². The van der Waals surface area contributed by atoms with Crippen LogP contribution in [0.2, 0.25) is 5.02 Å². The van der Waals surface area contributed by atoms with Gasteiger partial charge in [0, 0.05) is 11.6 Å². The first-order valence-electron chi connectivity index (χ1n) is 6.82. The number of aromatic nitrogens is 3. The molecule has 1 N–H and O–H groups in total. The summed E-state index contributed by atoms with van der Waals surface area (Å²) in [6, 6.07) is 5.91. The van der Waals surface area contributed by atoms with Crippen molar-refractivity contribution >= 4 is 33.4 Å². The van der Waals surface area contributed by atoms with Gasteiger partial charge in [-0.05, 0) is 24.3 Å². The Bertz CT molecular complexity index is 855. The molecular formula is C15H15ClN4O2S2. The number of allylic oxidation sites excluding steroid dienone is 1. The van der Waals surface area contributed by atoms with Gasteiger partial charge in [0.25, 0.3) is 0 Å². The topological polar surface area (TPSA) is 76.9 Å². The Balaban J connectivity index is 2.16. The maximum absolute atomic E-state index is 12.3. The van der Waals surface area contributed by atoms with E-state index in [1.807, 2.05) is 0 Å². The minimum Gasteiger partial charge on any atom is -0.301 e. The van der Waals surface area contributed by atoms with Crippen molar-refractivity contribution in [3.63, 3.8) is 0 Å². The summed E-state index contributed by atoms with van der Waals surface area (Å²) in [5.41, 5.74) is 0. The van der Waals surface area contributed by atoms with Crippen LogP contribution in [0.3, 0.4) is 0 Å². The van der Waals surface area contributed by atoms with Crippen molar-refractivity contribution in [1.82, 2.24) is 19.5 Å². The van der Waals surface area contributed by atoms with Gasteiger partial charge in [0.05, 0.1) is 17.2 Å². The summed E-state index contributed by atoms with van der Waals surface area (Å²) >= 11 is 7.12. The minimum absolute atomic E-state index is 0.00239. The highest BCUT2D eigenvalue weighted by atomic mass is 35.5. The third kappa shape index (κ3) is 4.61. The molecule has 0 fully saturated rings. The molecule has 1 aromatic carbocycles. The van der Waals surface area contributed by atoms with Crippen molar-refractivity contribution in [3.8, 4) is 12.3 Å². The van der Waals surface area contributed by atoms with Crippen LogP contribution < -0.4 is 4.72 Å². The molecule has 0 aliphatic carbocycles.